The summed E-state index contributed by atoms with van der Waals surface area (Å²) in [5.74, 6) is -0.858. The van der Waals surface area contributed by atoms with Crippen molar-refractivity contribution in [3.05, 3.63) is 48.6 Å². The Morgan fingerprint density at radius 1 is 0.525 bits per heavy atom. The zero-order valence-corrected chi connectivity index (χ0v) is 39.6. The van der Waals surface area contributed by atoms with E-state index in [2.05, 4.69) is 62.5 Å². The summed E-state index contributed by atoms with van der Waals surface area (Å²) in [6.45, 7) is 4.18. The van der Waals surface area contributed by atoms with Gasteiger partial charge in [0.05, 0.1) is 27.7 Å². The van der Waals surface area contributed by atoms with Gasteiger partial charge in [0.15, 0.2) is 6.10 Å². The number of hydrogen-bond donors (Lipinski definition) is 0. The van der Waals surface area contributed by atoms with Crippen molar-refractivity contribution in [3.63, 3.8) is 0 Å². The second-order valence-electron chi connectivity index (χ2n) is 17.1. The van der Waals surface area contributed by atoms with E-state index in [0.717, 1.165) is 89.9 Å². The summed E-state index contributed by atoms with van der Waals surface area (Å²) < 4.78 is 34.0. The van der Waals surface area contributed by atoms with Gasteiger partial charge in [0.1, 0.15) is 19.8 Å². The van der Waals surface area contributed by atoms with Gasteiger partial charge in [-0.1, -0.05) is 159 Å². The molecule has 0 fully saturated rings. The van der Waals surface area contributed by atoms with E-state index in [-0.39, 0.29) is 26.1 Å². The topological polar surface area (TPSA) is 111 Å². The highest BCUT2D eigenvalue weighted by atomic mass is 31.2. The number of ether oxygens (including phenoxy) is 2. The predicted molar refractivity (Wildman–Crippen MR) is 245 cm³/mol. The van der Waals surface area contributed by atoms with Crippen LogP contribution in [0.3, 0.4) is 0 Å². The number of carbonyl (C=O) groups excluding carboxylic acids is 2. The Bertz CT molecular complexity index is 1150. The van der Waals surface area contributed by atoms with Crippen molar-refractivity contribution in [1.82, 2.24) is 0 Å². The Morgan fingerprint density at radius 3 is 1.41 bits per heavy atom. The third-order valence-corrected chi connectivity index (χ3v) is 11.0. The van der Waals surface area contributed by atoms with E-state index in [0.29, 0.717) is 17.4 Å². The fourth-order valence-electron chi connectivity index (χ4n) is 6.30. The molecule has 9 nitrogen and oxygen atoms in total. The van der Waals surface area contributed by atoms with Crippen LogP contribution < -0.4 is 4.89 Å². The van der Waals surface area contributed by atoms with Gasteiger partial charge in [-0.05, 0) is 77.0 Å². The average Bonchev–Trinajstić information content (AvgIpc) is 3.19. The van der Waals surface area contributed by atoms with Crippen LogP contribution in [0.2, 0.25) is 0 Å². The summed E-state index contributed by atoms with van der Waals surface area (Å²) in [6, 6.07) is 0. The third-order valence-electron chi connectivity index (χ3n) is 10.1. The summed E-state index contributed by atoms with van der Waals surface area (Å²) in [5, 5.41) is 0. The molecule has 0 aliphatic heterocycles. The molecular formula is C49H90NO8P. The lowest BCUT2D eigenvalue weighted by Gasteiger charge is -2.28. The van der Waals surface area contributed by atoms with Gasteiger partial charge in [0.2, 0.25) is 0 Å². The van der Waals surface area contributed by atoms with Crippen LogP contribution in [-0.4, -0.2) is 70.0 Å². The monoisotopic (exact) mass is 852 g/mol. The molecule has 0 aromatic heterocycles. The van der Waals surface area contributed by atoms with Gasteiger partial charge in [-0.25, -0.2) is 0 Å². The molecule has 0 saturated carbocycles. The van der Waals surface area contributed by atoms with Crippen molar-refractivity contribution in [2.24, 2.45) is 0 Å². The van der Waals surface area contributed by atoms with Crippen molar-refractivity contribution in [1.29, 1.82) is 0 Å². The number of phosphoric acid groups is 1. The fourth-order valence-corrected chi connectivity index (χ4v) is 7.03. The first-order valence-corrected chi connectivity index (χ1v) is 25.3. The number of carbonyl (C=O) groups is 2. The van der Waals surface area contributed by atoms with Gasteiger partial charge in [0.25, 0.3) is 7.82 Å². The van der Waals surface area contributed by atoms with E-state index >= 15 is 0 Å². The van der Waals surface area contributed by atoms with Crippen LogP contribution >= 0.6 is 7.82 Å². The van der Waals surface area contributed by atoms with E-state index in [9.17, 15) is 19.0 Å². The number of esters is 2. The minimum absolute atomic E-state index is 0.0361. The minimum Gasteiger partial charge on any atom is -0.756 e. The minimum atomic E-state index is -4.63. The first kappa shape index (κ1) is 57.0. The lowest BCUT2D eigenvalue weighted by atomic mass is 10.1. The number of unbranched alkanes of at least 4 members (excludes halogenated alkanes) is 21. The quantitative estimate of drug-likeness (QED) is 0.0196. The van der Waals surface area contributed by atoms with E-state index in [1.807, 2.05) is 21.1 Å². The Morgan fingerprint density at radius 2 is 0.915 bits per heavy atom. The first-order chi connectivity index (χ1) is 28.5. The second-order valence-corrected chi connectivity index (χ2v) is 18.5. The molecule has 59 heavy (non-hydrogen) atoms. The molecule has 0 radical (unpaired) electrons. The van der Waals surface area contributed by atoms with Crippen LogP contribution in [0.5, 0.6) is 0 Å². The number of quaternary nitrogens is 1. The zero-order valence-electron chi connectivity index (χ0n) is 38.7. The molecule has 0 spiro atoms. The van der Waals surface area contributed by atoms with Gasteiger partial charge in [0, 0.05) is 12.8 Å². The molecule has 0 aliphatic rings. The van der Waals surface area contributed by atoms with Crippen molar-refractivity contribution in [2.45, 2.75) is 206 Å². The van der Waals surface area contributed by atoms with Crippen molar-refractivity contribution in [3.8, 4) is 0 Å². The number of likely N-dealkylation sites (N-methyl/N-ethyl adjacent to an activating group) is 1. The number of allylic oxidation sites excluding steroid dienone is 8. The fraction of sp³-hybridized carbons (Fsp3) is 0.796. The molecule has 0 bridgehead atoms. The van der Waals surface area contributed by atoms with Gasteiger partial charge in [-0.15, -0.1) is 0 Å². The van der Waals surface area contributed by atoms with Crippen LogP contribution in [0.25, 0.3) is 0 Å². The molecule has 0 aromatic rings. The molecule has 0 N–H and O–H groups in total. The Hall–Kier alpha value is -2.03. The Labute approximate surface area is 363 Å². The Balaban J connectivity index is 4.35. The van der Waals surface area contributed by atoms with Crippen molar-refractivity contribution in [2.75, 3.05) is 47.5 Å². The molecule has 0 saturated heterocycles. The van der Waals surface area contributed by atoms with Crippen molar-refractivity contribution < 1.29 is 42.1 Å². The third kappa shape index (κ3) is 45.3. The van der Waals surface area contributed by atoms with Crippen molar-refractivity contribution >= 4 is 19.8 Å². The molecule has 344 valence electrons. The highest BCUT2D eigenvalue weighted by molar-refractivity contribution is 7.45. The average molecular weight is 852 g/mol. The number of rotatable bonds is 43. The molecule has 0 aliphatic carbocycles. The second kappa shape index (κ2) is 41.3. The largest absolute Gasteiger partial charge is 0.756 e. The van der Waals surface area contributed by atoms with E-state index < -0.39 is 32.5 Å². The molecule has 2 unspecified atom stereocenters. The maximum Gasteiger partial charge on any atom is 0.306 e. The summed E-state index contributed by atoms with van der Waals surface area (Å²) in [6.07, 6.45) is 48.4. The first-order valence-electron chi connectivity index (χ1n) is 23.8. The lowest BCUT2D eigenvalue weighted by molar-refractivity contribution is -0.870. The maximum absolute atomic E-state index is 12.7. The van der Waals surface area contributed by atoms with E-state index in [1.165, 1.54) is 77.0 Å². The van der Waals surface area contributed by atoms with Gasteiger partial charge in [-0.3, -0.25) is 14.2 Å². The molecule has 0 amide bonds. The zero-order chi connectivity index (χ0) is 43.6. The standard InChI is InChI=1S/C49H90NO8P/c1-6-8-10-12-14-16-18-20-22-24-25-26-28-30-32-34-36-38-40-42-49(52)58-47(46-57-59(53,54)56-44-43-50(3,4)5)45-55-48(51)41-39-37-35-33-31-29-27-23-21-19-17-15-13-11-9-7-2/h14,16,20,22-23,25-27,47H,6-13,15,17-19,21,24,28-46H2,1-5H3/b16-14-,22-20-,26-25-,27-23-. The summed E-state index contributed by atoms with van der Waals surface area (Å²) >= 11 is 0. The molecule has 10 heteroatoms. The smallest absolute Gasteiger partial charge is 0.306 e. The SMILES string of the molecule is CCCCC/C=C\C/C=C\C/C=C\CCCCCCCCC(=O)OC(COC(=O)CCCCCCC/C=C\CCCCCCCCC)COP(=O)([O-])OCC[N+](C)(C)C. The van der Waals surface area contributed by atoms with E-state index in [4.69, 9.17) is 18.5 Å². The lowest BCUT2D eigenvalue weighted by Crippen LogP contribution is -2.37. The maximum atomic E-state index is 12.7. The molecule has 0 aromatic carbocycles. The van der Waals surface area contributed by atoms with Crippen LogP contribution in [0.1, 0.15) is 200 Å². The molecule has 2 atom stereocenters. The molecule has 0 heterocycles. The van der Waals surface area contributed by atoms with Crippen LogP contribution in [0, 0.1) is 0 Å². The number of hydrogen-bond acceptors (Lipinski definition) is 8. The van der Waals surface area contributed by atoms with E-state index in [1.54, 1.807) is 0 Å². The normalized spacial score (nSPS) is 13.9. The summed E-state index contributed by atoms with van der Waals surface area (Å²) in [7, 11) is 1.15. The molecule has 0 rings (SSSR count). The van der Waals surface area contributed by atoms with Gasteiger partial charge in [-0.2, -0.15) is 0 Å². The number of phosphoric ester groups is 1. The highest BCUT2D eigenvalue weighted by Crippen LogP contribution is 2.38. The summed E-state index contributed by atoms with van der Waals surface area (Å²) in [4.78, 5) is 37.6. The van der Waals surface area contributed by atoms with Crippen LogP contribution in [0.4, 0.5) is 0 Å². The van der Waals surface area contributed by atoms with Gasteiger partial charge < -0.3 is 27.9 Å². The van der Waals surface area contributed by atoms with Gasteiger partial charge >= 0.3 is 11.9 Å². The van der Waals surface area contributed by atoms with Crippen LogP contribution in [-0.2, 0) is 32.7 Å². The Kier molecular flexibility index (Phi) is 39.9. The highest BCUT2D eigenvalue weighted by Gasteiger charge is 2.21. The predicted octanol–water partition coefficient (Wildman–Crippen LogP) is 13.2. The number of nitrogens with zero attached hydrogens (tertiary/aromatic N) is 1. The molecular weight excluding hydrogens is 762 g/mol. The van der Waals surface area contributed by atoms with Crippen LogP contribution in [0.15, 0.2) is 48.6 Å². The summed E-state index contributed by atoms with van der Waals surface area (Å²) in [5.41, 5.74) is 0.